The summed E-state index contributed by atoms with van der Waals surface area (Å²) in [5, 5.41) is 6.62. The maximum Gasteiger partial charge on any atom is 0.339 e. The Morgan fingerprint density at radius 2 is 1.88 bits per heavy atom. The number of hydrogen-bond acceptors (Lipinski definition) is 4. The zero-order chi connectivity index (χ0) is 18.2. The number of benzene rings is 2. The first-order chi connectivity index (χ1) is 11.9. The first kappa shape index (κ1) is 18.0. The van der Waals surface area contributed by atoms with Crippen molar-refractivity contribution in [1.82, 2.24) is 5.43 Å². The number of primary amides is 1. The number of nitrogens with zero attached hydrogens (tertiary/aromatic N) is 1. The van der Waals surface area contributed by atoms with Gasteiger partial charge in [-0.2, -0.15) is 5.10 Å². The van der Waals surface area contributed by atoms with Crippen molar-refractivity contribution in [3.8, 4) is 5.75 Å². The van der Waals surface area contributed by atoms with E-state index in [0.717, 1.165) is 22.4 Å². The van der Waals surface area contributed by atoms with Gasteiger partial charge >= 0.3 is 6.03 Å². The number of carbonyl (C=O) groups excluding carboxylic acids is 2. The SMILES string of the molecule is Cc1ccc(NC(=O)N/N=C/c2ccc(OCC(N)=O)cc2)c(C)c1. The van der Waals surface area contributed by atoms with Crippen molar-refractivity contribution in [3.63, 3.8) is 0 Å². The molecule has 2 aromatic rings. The number of ether oxygens (including phenoxy) is 1. The van der Waals surface area contributed by atoms with Gasteiger partial charge < -0.3 is 15.8 Å². The van der Waals surface area contributed by atoms with Crippen LogP contribution in [0.4, 0.5) is 10.5 Å². The molecule has 130 valence electrons. The van der Waals surface area contributed by atoms with Crippen LogP contribution in [0.15, 0.2) is 47.6 Å². The van der Waals surface area contributed by atoms with Gasteiger partial charge in [-0.25, -0.2) is 10.2 Å². The van der Waals surface area contributed by atoms with Gasteiger partial charge in [-0.05, 0) is 55.3 Å². The van der Waals surface area contributed by atoms with Crippen molar-refractivity contribution in [1.29, 1.82) is 0 Å². The van der Waals surface area contributed by atoms with Crippen LogP contribution in [0.25, 0.3) is 0 Å². The number of hydrazone groups is 1. The molecule has 0 aliphatic rings. The average molecular weight is 340 g/mol. The molecule has 2 rings (SSSR count). The number of carbonyl (C=O) groups is 2. The molecule has 4 N–H and O–H groups in total. The van der Waals surface area contributed by atoms with Gasteiger partial charge in [0, 0.05) is 5.69 Å². The molecule has 3 amide bonds. The Morgan fingerprint density at radius 3 is 2.52 bits per heavy atom. The molecule has 0 aliphatic carbocycles. The van der Waals surface area contributed by atoms with Crippen LogP contribution in [0.1, 0.15) is 16.7 Å². The largest absolute Gasteiger partial charge is 0.484 e. The highest BCUT2D eigenvalue weighted by atomic mass is 16.5. The average Bonchev–Trinajstić information content (AvgIpc) is 2.56. The van der Waals surface area contributed by atoms with Gasteiger partial charge in [0.1, 0.15) is 5.75 Å². The number of urea groups is 1. The molecular formula is C18H20N4O3. The fraction of sp³-hybridized carbons (Fsp3) is 0.167. The molecule has 0 aromatic heterocycles. The zero-order valence-electron chi connectivity index (χ0n) is 14.1. The van der Waals surface area contributed by atoms with Gasteiger partial charge in [-0.3, -0.25) is 4.79 Å². The Morgan fingerprint density at radius 1 is 1.16 bits per heavy atom. The van der Waals surface area contributed by atoms with Crippen molar-refractivity contribution in [3.05, 3.63) is 59.2 Å². The molecule has 0 atom stereocenters. The summed E-state index contributed by atoms with van der Waals surface area (Å²) in [4.78, 5) is 22.5. The fourth-order valence-electron chi connectivity index (χ4n) is 2.07. The lowest BCUT2D eigenvalue weighted by Crippen LogP contribution is -2.24. The highest BCUT2D eigenvalue weighted by molar-refractivity contribution is 5.91. The van der Waals surface area contributed by atoms with E-state index in [2.05, 4.69) is 15.8 Å². The van der Waals surface area contributed by atoms with Gasteiger partial charge in [-0.1, -0.05) is 17.7 Å². The quantitative estimate of drug-likeness (QED) is 0.555. The second-order valence-electron chi connectivity index (χ2n) is 5.47. The van der Waals surface area contributed by atoms with Crippen LogP contribution < -0.4 is 21.2 Å². The Bertz CT molecular complexity index is 785. The summed E-state index contributed by atoms with van der Waals surface area (Å²) in [6.45, 7) is 3.74. The fourth-order valence-corrected chi connectivity index (χ4v) is 2.07. The Labute approximate surface area is 145 Å². The van der Waals surface area contributed by atoms with Crippen molar-refractivity contribution in [2.24, 2.45) is 10.8 Å². The predicted molar refractivity (Wildman–Crippen MR) is 96.8 cm³/mol. The molecule has 7 heteroatoms. The standard InChI is InChI=1S/C18H20N4O3/c1-12-3-8-16(13(2)9-12)21-18(24)22-20-10-14-4-6-15(7-5-14)25-11-17(19)23/h3-10H,11H2,1-2H3,(H2,19,23)(H2,21,22,24)/b20-10+. The van der Waals surface area contributed by atoms with Gasteiger partial charge in [0.05, 0.1) is 6.21 Å². The molecule has 0 saturated heterocycles. The van der Waals surface area contributed by atoms with E-state index in [-0.39, 0.29) is 6.61 Å². The predicted octanol–water partition coefficient (Wildman–Crippen LogP) is 2.32. The molecule has 0 bridgehead atoms. The molecule has 0 saturated carbocycles. The minimum Gasteiger partial charge on any atom is -0.484 e. The highest BCUT2D eigenvalue weighted by Gasteiger charge is 2.03. The highest BCUT2D eigenvalue weighted by Crippen LogP contribution is 2.15. The summed E-state index contributed by atoms with van der Waals surface area (Å²) >= 11 is 0. The third kappa shape index (κ3) is 5.98. The van der Waals surface area contributed by atoms with Crippen LogP contribution in [-0.4, -0.2) is 24.8 Å². The van der Waals surface area contributed by atoms with E-state index in [9.17, 15) is 9.59 Å². The smallest absolute Gasteiger partial charge is 0.339 e. The summed E-state index contributed by atoms with van der Waals surface area (Å²) in [5.41, 5.74) is 11.0. The van der Waals surface area contributed by atoms with Crippen molar-refractivity contribution >= 4 is 23.8 Å². The lowest BCUT2D eigenvalue weighted by atomic mass is 10.1. The van der Waals surface area contributed by atoms with Crippen molar-refractivity contribution in [2.75, 3.05) is 11.9 Å². The van der Waals surface area contributed by atoms with E-state index < -0.39 is 11.9 Å². The molecular weight excluding hydrogens is 320 g/mol. The number of anilines is 1. The van der Waals surface area contributed by atoms with Crippen molar-refractivity contribution < 1.29 is 14.3 Å². The number of nitrogens with two attached hydrogens (primary N) is 1. The Kier molecular flexibility index (Phi) is 6.11. The summed E-state index contributed by atoms with van der Waals surface area (Å²) in [6.07, 6.45) is 1.50. The summed E-state index contributed by atoms with van der Waals surface area (Å²) in [5.74, 6) is -0.0128. The zero-order valence-corrected chi connectivity index (χ0v) is 14.1. The van der Waals surface area contributed by atoms with E-state index in [1.54, 1.807) is 24.3 Å². The van der Waals surface area contributed by atoms with Gasteiger partial charge in [0.25, 0.3) is 5.91 Å². The van der Waals surface area contributed by atoms with Crippen LogP contribution in [-0.2, 0) is 4.79 Å². The third-order valence-corrected chi connectivity index (χ3v) is 3.27. The van der Waals surface area contributed by atoms with E-state index in [0.29, 0.717) is 5.75 Å². The van der Waals surface area contributed by atoms with E-state index in [4.69, 9.17) is 10.5 Å². The van der Waals surface area contributed by atoms with Crippen LogP contribution >= 0.6 is 0 Å². The number of aryl methyl sites for hydroxylation is 2. The molecule has 0 spiro atoms. The van der Waals surface area contributed by atoms with E-state index in [1.807, 2.05) is 32.0 Å². The number of nitrogens with one attached hydrogen (secondary N) is 2. The second kappa shape index (κ2) is 8.49. The number of rotatable bonds is 6. The van der Waals surface area contributed by atoms with Gasteiger partial charge in [0.2, 0.25) is 0 Å². The minimum absolute atomic E-state index is 0.173. The molecule has 7 nitrogen and oxygen atoms in total. The first-order valence-electron chi connectivity index (χ1n) is 7.62. The molecule has 25 heavy (non-hydrogen) atoms. The maximum absolute atomic E-state index is 11.8. The van der Waals surface area contributed by atoms with Crippen molar-refractivity contribution in [2.45, 2.75) is 13.8 Å². The van der Waals surface area contributed by atoms with Gasteiger partial charge in [-0.15, -0.1) is 0 Å². The Hall–Kier alpha value is -3.35. The number of hydrogen-bond donors (Lipinski definition) is 3. The first-order valence-corrected chi connectivity index (χ1v) is 7.62. The van der Waals surface area contributed by atoms with E-state index in [1.165, 1.54) is 6.21 Å². The lowest BCUT2D eigenvalue weighted by Gasteiger charge is -2.08. The summed E-state index contributed by atoms with van der Waals surface area (Å²) < 4.78 is 5.15. The third-order valence-electron chi connectivity index (χ3n) is 3.27. The molecule has 0 heterocycles. The van der Waals surface area contributed by atoms with Crippen LogP contribution in [0.2, 0.25) is 0 Å². The summed E-state index contributed by atoms with van der Waals surface area (Å²) in [6, 6.07) is 12.2. The van der Waals surface area contributed by atoms with Gasteiger partial charge in [0.15, 0.2) is 6.61 Å². The topological polar surface area (TPSA) is 106 Å². The molecule has 0 radical (unpaired) electrons. The van der Waals surface area contributed by atoms with Crippen LogP contribution in [0, 0.1) is 13.8 Å². The Balaban J connectivity index is 1.85. The molecule has 2 aromatic carbocycles. The molecule has 0 fully saturated rings. The van der Waals surface area contributed by atoms with E-state index >= 15 is 0 Å². The molecule has 0 aliphatic heterocycles. The van der Waals surface area contributed by atoms with Crippen LogP contribution in [0.3, 0.4) is 0 Å². The normalized spacial score (nSPS) is 10.5. The maximum atomic E-state index is 11.8. The molecule has 0 unspecified atom stereocenters. The lowest BCUT2D eigenvalue weighted by molar-refractivity contribution is -0.119. The summed E-state index contributed by atoms with van der Waals surface area (Å²) in [7, 11) is 0. The second-order valence-corrected chi connectivity index (χ2v) is 5.47. The van der Waals surface area contributed by atoms with Crippen LogP contribution in [0.5, 0.6) is 5.75 Å². The minimum atomic E-state index is -0.537. The monoisotopic (exact) mass is 340 g/mol. The number of amides is 3.